The normalized spacial score (nSPS) is 17.6. The average Bonchev–Trinajstić information content (AvgIpc) is 3.43. The Kier molecular flexibility index (Phi) is 10.4. The molecule has 0 fully saturated rings. The summed E-state index contributed by atoms with van der Waals surface area (Å²) in [5.74, 6) is 1.50. The first-order chi connectivity index (χ1) is 27.3. The fourth-order valence-corrected chi connectivity index (χ4v) is 7.74. The second-order valence-corrected chi connectivity index (χ2v) is 14.3. The first-order valence-corrected chi connectivity index (χ1v) is 18.9. The lowest BCUT2D eigenvalue weighted by Crippen LogP contribution is -2.44. The highest BCUT2D eigenvalue weighted by atomic mass is 16.5. The van der Waals surface area contributed by atoms with E-state index < -0.39 is 0 Å². The van der Waals surface area contributed by atoms with E-state index in [1.54, 1.807) is 43.4 Å². The van der Waals surface area contributed by atoms with Crippen LogP contribution in [0, 0.1) is 0 Å². The number of rotatable bonds is 12. The molecular weight excluding hydrogens is 713 g/mol. The minimum absolute atomic E-state index is 0.0699. The zero-order chi connectivity index (χ0) is 38.8. The molecular formula is C43H44N6O7. The number of nitrogens with zero attached hydrogens (tertiary/aromatic N) is 4. The average molecular weight is 757 g/mol. The quantitative estimate of drug-likeness (QED) is 0.172. The summed E-state index contributed by atoms with van der Waals surface area (Å²) in [6, 6.07) is 20.6. The van der Waals surface area contributed by atoms with Crippen molar-refractivity contribution >= 4 is 47.2 Å². The van der Waals surface area contributed by atoms with Crippen molar-refractivity contribution < 1.29 is 33.3 Å². The van der Waals surface area contributed by atoms with E-state index in [1.165, 1.54) is 5.56 Å². The Bertz CT molecular complexity index is 2250. The van der Waals surface area contributed by atoms with Crippen molar-refractivity contribution in [2.24, 2.45) is 15.7 Å². The first kappa shape index (κ1) is 36.8. The number of unbranched alkanes of at least 4 members (excludes halogenated alkanes) is 2. The van der Waals surface area contributed by atoms with Gasteiger partial charge in [0.2, 0.25) is 5.91 Å². The molecule has 0 unspecified atom stereocenters. The third-order valence-electron chi connectivity index (χ3n) is 10.8. The van der Waals surface area contributed by atoms with Crippen LogP contribution < -0.4 is 30.0 Å². The lowest BCUT2D eigenvalue weighted by atomic mass is 9.93. The molecule has 4 aliphatic rings. The van der Waals surface area contributed by atoms with E-state index in [0.717, 1.165) is 42.4 Å². The van der Waals surface area contributed by atoms with Crippen molar-refractivity contribution in [2.75, 3.05) is 39.3 Å². The van der Waals surface area contributed by atoms with Gasteiger partial charge < -0.3 is 39.8 Å². The maximum atomic E-state index is 13.9. The Morgan fingerprint density at radius 1 is 0.696 bits per heavy atom. The molecule has 0 radical (unpaired) electrons. The van der Waals surface area contributed by atoms with E-state index in [0.29, 0.717) is 83.9 Å². The molecule has 4 aromatic rings. The Balaban J connectivity index is 0.859. The highest BCUT2D eigenvalue weighted by Gasteiger charge is 2.35. The molecule has 56 heavy (non-hydrogen) atoms. The predicted octanol–water partition coefficient (Wildman–Crippen LogP) is 5.80. The van der Waals surface area contributed by atoms with Gasteiger partial charge in [-0.1, -0.05) is 30.3 Å². The largest absolute Gasteiger partial charge is 0.493 e. The third kappa shape index (κ3) is 7.29. The van der Waals surface area contributed by atoms with Crippen LogP contribution in [-0.4, -0.2) is 86.0 Å². The zero-order valence-corrected chi connectivity index (χ0v) is 31.5. The standard InChI is InChI=1S/C43H44N6O7/c1-53-37-17-33-35(45-22-31-15-26-8-4-5-9-28(26)24-48(31)42(33)51)19-39(37)55-12-6-3-7-13-56-40-20-36-34(18-38(40)54-2)43(52)49-25-29-14-30(47-41(50)21-44)11-10-27(29)16-32(49)23-46-36/h4-5,8-11,14,17-20,22-23,31-32H,3,6-7,12-13,15-16,21,24-25,44H2,1-2H3,(H,47,50)/t31-,32-/m0/s1. The lowest BCUT2D eigenvalue weighted by molar-refractivity contribution is -0.114. The van der Waals surface area contributed by atoms with Gasteiger partial charge in [-0.2, -0.15) is 0 Å². The van der Waals surface area contributed by atoms with Gasteiger partial charge in [-0.05, 0) is 78.6 Å². The monoisotopic (exact) mass is 756 g/mol. The number of ether oxygens (including phenoxy) is 4. The van der Waals surface area contributed by atoms with E-state index in [1.807, 2.05) is 47.7 Å². The lowest BCUT2D eigenvalue weighted by Gasteiger charge is -2.34. The summed E-state index contributed by atoms with van der Waals surface area (Å²) < 4.78 is 23.6. The summed E-state index contributed by atoms with van der Waals surface area (Å²) in [5, 5.41) is 2.79. The van der Waals surface area contributed by atoms with Crippen LogP contribution in [0.25, 0.3) is 0 Å². The molecule has 0 bridgehead atoms. The number of carbonyl (C=O) groups excluding carboxylic acids is 3. The number of methoxy groups -OCH3 is 2. The molecule has 0 saturated heterocycles. The smallest absolute Gasteiger partial charge is 0.257 e. The van der Waals surface area contributed by atoms with Crippen molar-refractivity contribution in [1.82, 2.24) is 9.80 Å². The van der Waals surface area contributed by atoms with Crippen LogP contribution in [0.5, 0.6) is 23.0 Å². The molecule has 13 heteroatoms. The maximum Gasteiger partial charge on any atom is 0.257 e. The van der Waals surface area contributed by atoms with E-state index >= 15 is 0 Å². The minimum atomic E-state index is -0.276. The van der Waals surface area contributed by atoms with Crippen molar-refractivity contribution in [2.45, 2.75) is 57.3 Å². The molecule has 3 N–H and O–H groups in total. The molecule has 4 heterocycles. The Morgan fingerprint density at radius 2 is 1.23 bits per heavy atom. The van der Waals surface area contributed by atoms with E-state index in [9.17, 15) is 14.4 Å². The summed E-state index contributed by atoms with van der Waals surface area (Å²) >= 11 is 0. The fourth-order valence-electron chi connectivity index (χ4n) is 7.74. The number of nitrogens with two attached hydrogens (primary N) is 1. The molecule has 13 nitrogen and oxygen atoms in total. The maximum absolute atomic E-state index is 13.9. The van der Waals surface area contributed by atoms with E-state index in [-0.39, 0.29) is 36.3 Å². The molecule has 4 aliphatic heterocycles. The molecule has 3 amide bonds. The summed E-state index contributed by atoms with van der Waals surface area (Å²) in [5.41, 5.74) is 12.6. The number of amides is 3. The fraction of sp³-hybridized carbons (Fsp3) is 0.326. The van der Waals surface area contributed by atoms with Crippen molar-refractivity contribution in [1.29, 1.82) is 0 Å². The van der Waals surface area contributed by atoms with Gasteiger partial charge >= 0.3 is 0 Å². The van der Waals surface area contributed by atoms with Crippen LogP contribution >= 0.6 is 0 Å². The van der Waals surface area contributed by atoms with Gasteiger partial charge in [-0.3, -0.25) is 24.4 Å². The Morgan fingerprint density at radius 3 is 1.79 bits per heavy atom. The second-order valence-electron chi connectivity index (χ2n) is 14.3. The summed E-state index contributed by atoms with van der Waals surface area (Å²) in [6.45, 7) is 1.69. The van der Waals surface area contributed by atoms with E-state index in [4.69, 9.17) is 34.7 Å². The number of aliphatic imine (C=N–C) groups is 2. The van der Waals surface area contributed by atoms with Gasteiger partial charge in [0.15, 0.2) is 23.0 Å². The molecule has 288 valence electrons. The van der Waals surface area contributed by atoms with Crippen LogP contribution in [-0.2, 0) is 30.7 Å². The summed E-state index contributed by atoms with van der Waals surface area (Å²) in [4.78, 5) is 52.5. The molecule has 0 saturated carbocycles. The summed E-state index contributed by atoms with van der Waals surface area (Å²) in [6.07, 6.45) is 7.38. The summed E-state index contributed by atoms with van der Waals surface area (Å²) in [7, 11) is 3.12. The number of benzene rings is 4. The third-order valence-corrected chi connectivity index (χ3v) is 10.8. The van der Waals surface area contributed by atoms with Crippen molar-refractivity contribution in [3.05, 3.63) is 100 Å². The number of hydrogen-bond donors (Lipinski definition) is 2. The Hall–Kier alpha value is -6.21. The van der Waals surface area contributed by atoms with Gasteiger partial charge in [0, 0.05) is 43.3 Å². The van der Waals surface area contributed by atoms with Crippen LogP contribution in [0.1, 0.15) is 62.2 Å². The topological polar surface area (TPSA) is 157 Å². The molecule has 0 spiro atoms. The number of carbonyl (C=O) groups is 3. The molecule has 8 rings (SSSR count). The second kappa shape index (κ2) is 15.9. The number of anilines is 1. The van der Waals surface area contributed by atoms with Crippen molar-refractivity contribution in [3.8, 4) is 23.0 Å². The van der Waals surface area contributed by atoms with Gasteiger partial charge in [0.05, 0.1) is 68.6 Å². The molecule has 2 atom stereocenters. The van der Waals surface area contributed by atoms with Gasteiger partial charge in [0.1, 0.15) is 0 Å². The van der Waals surface area contributed by atoms with Gasteiger partial charge in [-0.25, -0.2) is 0 Å². The van der Waals surface area contributed by atoms with Crippen LogP contribution in [0.15, 0.2) is 76.7 Å². The first-order valence-electron chi connectivity index (χ1n) is 18.9. The highest BCUT2D eigenvalue weighted by Crippen LogP contribution is 2.40. The molecule has 4 aromatic carbocycles. The molecule has 0 aromatic heterocycles. The van der Waals surface area contributed by atoms with Crippen LogP contribution in [0.3, 0.4) is 0 Å². The van der Waals surface area contributed by atoms with Crippen LogP contribution in [0.4, 0.5) is 17.1 Å². The van der Waals surface area contributed by atoms with E-state index in [2.05, 4.69) is 17.4 Å². The van der Waals surface area contributed by atoms with Crippen molar-refractivity contribution in [3.63, 3.8) is 0 Å². The van der Waals surface area contributed by atoms with Gasteiger partial charge in [-0.15, -0.1) is 0 Å². The van der Waals surface area contributed by atoms with Crippen LogP contribution in [0.2, 0.25) is 0 Å². The zero-order valence-electron chi connectivity index (χ0n) is 31.5. The number of fused-ring (bicyclic) bond motifs is 6. The predicted molar refractivity (Wildman–Crippen MR) is 212 cm³/mol. The Labute approximate surface area is 325 Å². The van der Waals surface area contributed by atoms with Gasteiger partial charge in [0.25, 0.3) is 11.8 Å². The SMILES string of the molecule is COc1cc2c(cc1OCCCCCOc1cc3c(cc1OC)C(=O)N1Cc4cc(NC(=O)CN)ccc4C[C@H]1C=N3)N=C[C@@H]1Cc3ccccc3CN1C2=O. The minimum Gasteiger partial charge on any atom is -0.493 e. The number of hydrogen-bond acceptors (Lipinski definition) is 10. The number of nitrogens with one attached hydrogen (secondary N) is 1. The highest BCUT2D eigenvalue weighted by molar-refractivity contribution is 6.04. The molecule has 0 aliphatic carbocycles.